The largest absolute Gasteiger partial charge is 0.481 e. The molecular weight excluding hydrogens is 343 g/mol. The third kappa shape index (κ3) is 6.12. The fourth-order valence-electron chi connectivity index (χ4n) is 1.81. The van der Waals surface area contributed by atoms with Gasteiger partial charge in [-0.15, -0.1) is 0 Å². The third-order valence-corrected chi connectivity index (χ3v) is 3.45. The highest BCUT2D eigenvalue weighted by molar-refractivity contribution is 9.10. The van der Waals surface area contributed by atoms with E-state index in [9.17, 15) is 14.0 Å². The van der Waals surface area contributed by atoms with Gasteiger partial charge in [0.2, 0.25) is 0 Å². The molecule has 0 radical (unpaired) electrons. The number of nitrogens with one attached hydrogen (secondary N) is 2. The maximum absolute atomic E-state index is 12.9. The predicted octanol–water partition coefficient (Wildman–Crippen LogP) is 3.46. The SMILES string of the molecule is CC(C)CC(CNC(=O)Nc1ccc(F)cc1Br)C(=O)O. The zero-order chi connectivity index (χ0) is 16.0. The van der Waals surface area contributed by atoms with E-state index in [1.54, 1.807) is 0 Å². The Labute approximate surface area is 131 Å². The van der Waals surface area contributed by atoms with Crippen LogP contribution in [0.15, 0.2) is 22.7 Å². The molecule has 3 N–H and O–H groups in total. The Morgan fingerprint density at radius 2 is 2.05 bits per heavy atom. The van der Waals surface area contributed by atoms with Gasteiger partial charge in [0.1, 0.15) is 5.82 Å². The van der Waals surface area contributed by atoms with Gasteiger partial charge in [0, 0.05) is 11.0 Å². The molecule has 0 aliphatic heterocycles. The molecule has 1 unspecified atom stereocenters. The van der Waals surface area contributed by atoms with E-state index in [0.717, 1.165) is 0 Å². The van der Waals surface area contributed by atoms with Gasteiger partial charge in [0.25, 0.3) is 0 Å². The van der Waals surface area contributed by atoms with Crippen molar-refractivity contribution >= 4 is 33.6 Å². The van der Waals surface area contributed by atoms with E-state index >= 15 is 0 Å². The molecule has 0 aliphatic rings. The number of urea groups is 1. The number of hydrogen-bond acceptors (Lipinski definition) is 2. The van der Waals surface area contributed by atoms with Gasteiger partial charge in [0.05, 0.1) is 11.6 Å². The van der Waals surface area contributed by atoms with E-state index in [0.29, 0.717) is 16.6 Å². The van der Waals surface area contributed by atoms with Crippen LogP contribution < -0.4 is 10.6 Å². The normalized spacial score (nSPS) is 12.0. The molecule has 116 valence electrons. The Morgan fingerprint density at radius 3 is 2.57 bits per heavy atom. The fraction of sp³-hybridized carbons (Fsp3) is 0.429. The zero-order valence-electron chi connectivity index (χ0n) is 11.8. The summed E-state index contributed by atoms with van der Waals surface area (Å²) in [6.07, 6.45) is 0.482. The van der Waals surface area contributed by atoms with Crippen LogP contribution in [0, 0.1) is 17.7 Å². The standard InChI is InChI=1S/C14H18BrFN2O3/c1-8(2)5-9(13(19)20)7-17-14(21)18-12-4-3-10(16)6-11(12)15/h3-4,6,8-9H,5,7H2,1-2H3,(H,19,20)(H2,17,18,21). The van der Waals surface area contributed by atoms with Crippen molar-refractivity contribution in [1.82, 2.24) is 5.32 Å². The van der Waals surface area contributed by atoms with Gasteiger partial charge in [0.15, 0.2) is 0 Å². The number of benzene rings is 1. The lowest BCUT2D eigenvalue weighted by Crippen LogP contribution is -2.36. The second kappa shape index (κ2) is 7.97. The van der Waals surface area contributed by atoms with Crippen LogP contribution in [0.1, 0.15) is 20.3 Å². The first-order chi connectivity index (χ1) is 9.79. The number of rotatable bonds is 6. The molecule has 1 rings (SSSR count). The van der Waals surface area contributed by atoms with Crippen LogP contribution in [0.2, 0.25) is 0 Å². The van der Waals surface area contributed by atoms with Crippen molar-refractivity contribution < 1.29 is 19.1 Å². The molecule has 21 heavy (non-hydrogen) atoms. The monoisotopic (exact) mass is 360 g/mol. The van der Waals surface area contributed by atoms with Crippen molar-refractivity contribution in [2.45, 2.75) is 20.3 Å². The molecule has 0 heterocycles. The molecule has 2 amide bonds. The first-order valence-electron chi connectivity index (χ1n) is 6.52. The highest BCUT2D eigenvalue weighted by atomic mass is 79.9. The Morgan fingerprint density at radius 1 is 1.38 bits per heavy atom. The van der Waals surface area contributed by atoms with E-state index in [1.165, 1.54) is 18.2 Å². The predicted molar refractivity (Wildman–Crippen MR) is 81.7 cm³/mol. The molecule has 0 aliphatic carbocycles. The maximum Gasteiger partial charge on any atom is 0.319 e. The number of anilines is 1. The first kappa shape index (κ1) is 17.4. The summed E-state index contributed by atoms with van der Waals surface area (Å²) in [6, 6.07) is 3.34. The van der Waals surface area contributed by atoms with Crippen LogP contribution in [-0.2, 0) is 4.79 Å². The van der Waals surface area contributed by atoms with Gasteiger partial charge in [-0.05, 0) is 46.5 Å². The molecule has 5 nitrogen and oxygen atoms in total. The van der Waals surface area contributed by atoms with Gasteiger partial charge < -0.3 is 15.7 Å². The van der Waals surface area contributed by atoms with E-state index < -0.39 is 23.7 Å². The van der Waals surface area contributed by atoms with Crippen molar-refractivity contribution in [2.24, 2.45) is 11.8 Å². The number of carbonyl (C=O) groups is 2. The number of hydrogen-bond donors (Lipinski definition) is 3. The fourth-order valence-corrected chi connectivity index (χ4v) is 2.26. The number of aliphatic carboxylic acids is 1. The summed E-state index contributed by atoms with van der Waals surface area (Å²) in [5.74, 6) is -1.77. The van der Waals surface area contributed by atoms with Crippen molar-refractivity contribution in [3.8, 4) is 0 Å². The average Bonchev–Trinajstić information content (AvgIpc) is 2.37. The summed E-state index contributed by atoms with van der Waals surface area (Å²) < 4.78 is 13.3. The lowest BCUT2D eigenvalue weighted by Gasteiger charge is -2.16. The van der Waals surface area contributed by atoms with E-state index in [4.69, 9.17) is 5.11 Å². The molecule has 1 atom stereocenters. The minimum absolute atomic E-state index is 0.0398. The number of halogens is 2. The summed E-state index contributed by atoms with van der Waals surface area (Å²) in [4.78, 5) is 22.8. The molecular formula is C14H18BrFN2O3. The Balaban J connectivity index is 2.54. The zero-order valence-corrected chi connectivity index (χ0v) is 13.4. The van der Waals surface area contributed by atoms with Gasteiger partial charge in [-0.1, -0.05) is 13.8 Å². The van der Waals surface area contributed by atoms with Crippen molar-refractivity contribution in [1.29, 1.82) is 0 Å². The van der Waals surface area contributed by atoms with E-state index in [2.05, 4.69) is 26.6 Å². The molecule has 0 spiro atoms. The molecule has 0 aromatic heterocycles. The maximum atomic E-state index is 12.9. The Hall–Kier alpha value is -1.63. The first-order valence-corrected chi connectivity index (χ1v) is 7.31. The van der Waals surface area contributed by atoms with Crippen LogP contribution in [0.3, 0.4) is 0 Å². The van der Waals surface area contributed by atoms with Crippen molar-refractivity contribution in [3.63, 3.8) is 0 Å². The lowest BCUT2D eigenvalue weighted by atomic mass is 9.97. The number of carbonyl (C=O) groups excluding carboxylic acids is 1. The topological polar surface area (TPSA) is 78.4 Å². The van der Waals surface area contributed by atoms with Crippen LogP contribution >= 0.6 is 15.9 Å². The lowest BCUT2D eigenvalue weighted by molar-refractivity contribution is -0.142. The van der Waals surface area contributed by atoms with Gasteiger partial charge in [-0.3, -0.25) is 4.79 Å². The smallest absolute Gasteiger partial charge is 0.319 e. The summed E-state index contributed by atoms with van der Waals surface area (Å²) in [5, 5.41) is 14.1. The van der Waals surface area contributed by atoms with E-state index in [1.807, 2.05) is 13.8 Å². The van der Waals surface area contributed by atoms with Gasteiger partial charge >= 0.3 is 12.0 Å². The van der Waals surface area contributed by atoms with E-state index in [-0.39, 0.29) is 12.5 Å². The highest BCUT2D eigenvalue weighted by Crippen LogP contribution is 2.22. The molecule has 1 aromatic rings. The van der Waals surface area contributed by atoms with Crippen molar-refractivity contribution in [2.75, 3.05) is 11.9 Å². The number of carboxylic acids is 1. The minimum Gasteiger partial charge on any atom is -0.481 e. The quantitative estimate of drug-likeness (QED) is 0.726. The van der Waals surface area contributed by atoms with Crippen LogP contribution in [0.4, 0.5) is 14.9 Å². The van der Waals surface area contributed by atoms with Gasteiger partial charge in [-0.2, -0.15) is 0 Å². The second-order valence-corrected chi connectivity index (χ2v) is 5.98. The molecule has 1 aromatic carbocycles. The Bertz CT molecular complexity index is 523. The van der Waals surface area contributed by atoms with Gasteiger partial charge in [-0.25, -0.2) is 9.18 Å². The number of carboxylic acid groups (broad SMARTS) is 1. The molecule has 0 saturated heterocycles. The molecule has 0 fully saturated rings. The third-order valence-electron chi connectivity index (χ3n) is 2.79. The highest BCUT2D eigenvalue weighted by Gasteiger charge is 2.19. The van der Waals surface area contributed by atoms with Crippen LogP contribution in [0.25, 0.3) is 0 Å². The molecule has 0 bridgehead atoms. The Kier molecular flexibility index (Phi) is 6.61. The molecule has 7 heteroatoms. The average molecular weight is 361 g/mol. The second-order valence-electron chi connectivity index (χ2n) is 5.12. The summed E-state index contributed by atoms with van der Waals surface area (Å²) in [7, 11) is 0. The van der Waals surface area contributed by atoms with Crippen LogP contribution in [-0.4, -0.2) is 23.7 Å². The minimum atomic E-state index is -0.938. The summed E-state index contributed by atoms with van der Waals surface area (Å²) in [5.41, 5.74) is 0.407. The molecule has 0 saturated carbocycles. The van der Waals surface area contributed by atoms with Crippen molar-refractivity contribution in [3.05, 3.63) is 28.5 Å². The number of amides is 2. The summed E-state index contributed by atoms with van der Waals surface area (Å²) >= 11 is 3.13. The van der Waals surface area contributed by atoms with Crippen LogP contribution in [0.5, 0.6) is 0 Å². The summed E-state index contributed by atoms with van der Waals surface area (Å²) in [6.45, 7) is 3.88.